The molecule has 0 spiro atoms. The van der Waals surface area contributed by atoms with Crippen molar-refractivity contribution in [1.82, 2.24) is 5.32 Å². The van der Waals surface area contributed by atoms with Crippen molar-refractivity contribution in [1.29, 1.82) is 0 Å². The van der Waals surface area contributed by atoms with Crippen molar-refractivity contribution in [2.24, 2.45) is 5.92 Å². The third kappa shape index (κ3) is 6.22. The monoisotopic (exact) mass is 283 g/mol. The van der Waals surface area contributed by atoms with E-state index in [1.807, 2.05) is 6.08 Å². The van der Waals surface area contributed by atoms with Gasteiger partial charge in [-0.25, -0.2) is 4.39 Å². The van der Waals surface area contributed by atoms with Crippen LogP contribution in [0.4, 0.5) is 4.39 Å². The van der Waals surface area contributed by atoms with Crippen molar-refractivity contribution >= 4 is 17.7 Å². The van der Waals surface area contributed by atoms with Crippen LogP contribution in [0.1, 0.15) is 40.2 Å². The van der Waals surface area contributed by atoms with Gasteiger partial charge in [0, 0.05) is 17.1 Å². The lowest BCUT2D eigenvalue weighted by Crippen LogP contribution is -2.37. The smallest absolute Gasteiger partial charge is 0.125 e. The zero-order valence-electron chi connectivity index (χ0n) is 12.3. The molecule has 0 unspecified atom stereocenters. The summed E-state index contributed by atoms with van der Waals surface area (Å²) in [7, 11) is 0. The van der Waals surface area contributed by atoms with E-state index >= 15 is 0 Å². The van der Waals surface area contributed by atoms with Crippen LogP contribution in [0.2, 0.25) is 5.02 Å². The molecule has 0 saturated heterocycles. The molecule has 1 N–H and O–H groups in total. The van der Waals surface area contributed by atoms with Gasteiger partial charge in [0.05, 0.1) is 0 Å². The van der Waals surface area contributed by atoms with Crippen LogP contribution in [0.25, 0.3) is 6.08 Å². The summed E-state index contributed by atoms with van der Waals surface area (Å²) >= 11 is 5.88. The molecule has 1 aromatic rings. The van der Waals surface area contributed by atoms with E-state index in [4.69, 9.17) is 11.6 Å². The van der Waals surface area contributed by atoms with Crippen LogP contribution >= 0.6 is 11.6 Å². The van der Waals surface area contributed by atoms with Crippen LogP contribution in [0.15, 0.2) is 23.8 Å². The molecule has 1 rings (SSSR count). The zero-order valence-corrected chi connectivity index (χ0v) is 13.1. The molecule has 106 valence electrons. The SMILES string of the molecule is CC(C)/C(=C/c1cc(F)cc(Cl)c1)CNC(C)(C)C. The van der Waals surface area contributed by atoms with Crippen molar-refractivity contribution < 1.29 is 4.39 Å². The molecule has 0 heterocycles. The molecule has 1 nitrogen and oxygen atoms in total. The number of hydrogen-bond acceptors (Lipinski definition) is 1. The minimum atomic E-state index is -0.300. The van der Waals surface area contributed by atoms with Crippen molar-refractivity contribution in [3.8, 4) is 0 Å². The molecule has 19 heavy (non-hydrogen) atoms. The van der Waals surface area contributed by atoms with E-state index in [1.54, 1.807) is 6.07 Å². The summed E-state index contributed by atoms with van der Waals surface area (Å²) < 4.78 is 13.3. The normalized spacial score (nSPS) is 13.2. The summed E-state index contributed by atoms with van der Waals surface area (Å²) in [4.78, 5) is 0. The largest absolute Gasteiger partial charge is 0.308 e. The summed E-state index contributed by atoms with van der Waals surface area (Å²) in [5.41, 5.74) is 2.11. The fourth-order valence-corrected chi connectivity index (χ4v) is 1.89. The molecule has 0 bridgehead atoms. The highest BCUT2D eigenvalue weighted by molar-refractivity contribution is 6.30. The van der Waals surface area contributed by atoms with E-state index in [-0.39, 0.29) is 11.4 Å². The van der Waals surface area contributed by atoms with Gasteiger partial charge in [0.15, 0.2) is 0 Å². The zero-order chi connectivity index (χ0) is 14.6. The van der Waals surface area contributed by atoms with Crippen molar-refractivity contribution in [2.45, 2.75) is 40.2 Å². The van der Waals surface area contributed by atoms with Gasteiger partial charge in [0.25, 0.3) is 0 Å². The quantitative estimate of drug-likeness (QED) is 0.828. The summed E-state index contributed by atoms with van der Waals surface area (Å²) in [5, 5.41) is 3.89. The third-order valence-electron chi connectivity index (χ3n) is 2.80. The molecule has 0 saturated carbocycles. The van der Waals surface area contributed by atoms with Crippen LogP contribution in [0, 0.1) is 11.7 Å². The van der Waals surface area contributed by atoms with Gasteiger partial charge in [-0.1, -0.05) is 37.1 Å². The summed E-state index contributed by atoms with van der Waals surface area (Å²) in [5.74, 6) is 0.0996. The number of hydrogen-bond donors (Lipinski definition) is 1. The molecule has 0 fully saturated rings. The van der Waals surface area contributed by atoms with Gasteiger partial charge >= 0.3 is 0 Å². The van der Waals surface area contributed by atoms with Crippen LogP contribution in [-0.4, -0.2) is 12.1 Å². The van der Waals surface area contributed by atoms with E-state index in [2.05, 4.69) is 39.9 Å². The van der Waals surface area contributed by atoms with E-state index < -0.39 is 0 Å². The topological polar surface area (TPSA) is 12.0 Å². The molecule has 0 aromatic heterocycles. The minimum absolute atomic E-state index is 0.0631. The Morgan fingerprint density at radius 1 is 1.32 bits per heavy atom. The highest BCUT2D eigenvalue weighted by atomic mass is 35.5. The van der Waals surface area contributed by atoms with Gasteiger partial charge < -0.3 is 5.32 Å². The Labute approximate surface area is 120 Å². The molecule has 0 radical (unpaired) electrons. The van der Waals surface area contributed by atoms with Gasteiger partial charge in [-0.2, -0.15) is 0 Å². The number of benzene rings is 1. The van der Waals surface area contributed by atoms with Gasteiger partial charge in [0.1, 0.15) is 5.82 Å². The fraction of sp³-hybridized carbons (Fsp3) is 0.500. The maximum Gasteiger partial charge on any atom is 0.125 e. The van der Waals surface area contributed by atoms with Crippen molar-refractivity contribution in [3.63, 3.8) is 0 Å². The Bertz CT molecular complexity index is 438. The van der Waals surface area contributed by atoms with E-state index in [1.165, 1.54) is 17.7 Å². The highest BCUT2D eigenvalue weighted by Gasteiger charge is 2.11. The maximum atomic E-state index is 13.3. The van der Waals surface area contributed by atoms with E-state index in [0.717, 1.165) is 12.1 Å². The van der Waals surface area contributed by atoms with Crippen LogP contribution < -0.4 is 5.32 Å². The average molecular weight is 284 g/mol. The summed E-state index contributed by atoms with van der Waals surface area (Å²) in [6.45, 7) is 11.4. The summed E-state index contributed by atoms with van der Waals surface area (Å²) in [6, 6.07) is 4.61. The third-order valence-corrected chi connectivity index (χ3v) is 3.02. The van der Waals surface area contributed by atoms with Gasteiger partial charge in [-0.3, -0.25) is 0 Å². The molecular weight excluding hydrogens is 261 g/mol. The molecule has 1 aromatic carbocycles. The lowest BCUT2D eigenvalue weighted by molar-refractivity contribution is 0.437. The second-order valence-electron chi connectivity index (χ2n) is 6.18. The van der Waals surface area contributed by atoms with E-state index in [9.17, 15) is 4.39 Å². The Hall–Kier alpha value is -0.860. The standard InChI is InChI=1S/C16H23ClFN/c1-11(2)13(10-19-16(3,4)5)6-12-7-14(17)9-15(18)8-12/h6-9,11,19H,10H2,1-5H3/b13-6+. The minimum Gasteiger partial charge on any atom is -0.308 e. The second-order valence-corrected chi connectivity index (χ2v) is 6.62. The number of nitrogens with one attached hydrogen (secondary N) is 1. The maximum absolute atomic E-state index is 13.3. The predicted molar refractivity (Wildman–Crippen MR) is 82.0 cm³/mol. The first kappa shape index (κ1) is 16.2. The highest BCUT2D eigenvalue weighted by Crippen LogP contribution is 2.19. The van der Waals surface area contributed by atoms with E-state index in [0.29, 0.717) is 10.9 Å². The molecule has 0 aliphatic rings. The lowest BCUT2D eigenvalue weighted by atomic mass is 9.98. The number of halogens is 2. The first-order valence-corrected chi connectivity index (χ1v) is 6.97. The van der Waals surface area contributed by atoms with Crippen LogP contribution in [0.3, 0.4) is 0 Å². The predicted octanol–water partition coefficient (Wildman–Crippen LogP) is 4.91. The van der Waals surface area contributed by atoms with Gasteiger partial charge in [-0.15, -0.1) is 0 Å². The second kappa shape index (κ2) is 6.53. The molecule has 0 amide bonds. The summed E-state index contributed by atoms with van der Waals surface area (Å²) in [6.07, 6.45) is 2.01. The first-order valence-electron chi connectivity index (χ1n) is 6.59. The molecular formula is C16H23ClFN. The Kier molecular flexibility index (Phi) is 5.57. The Morgan fingerprint density at radius 3 is 2.42 bits per heavy atom. The fourth-order valence-electron chi connectivity index (χ4n) is 1.66. The molecule has 0 atom stereocenters. The lowest BCUT2D eigenvalue weighted by Gasteiger charge is -2.23. The van der Waals surface area contributed by atoms with Crippen LogP contribution in [-0.2, 0) is 0 Å². The molecule has 3 heteroatoms. The van der Waals surface area contributed by atoms with Crippen molar-refractivity contribution in [2.75, 3.05) is 6.54 Å². The molecule has 0 aliphatic heterocycles. The average Bonchev–Trinajstić information content (AvgIpc) is 2.20. The van der Waals surface area contributed by atoms with Crippen LogP contribution in [0.5, 0.6) is 0 Å². The van der Waals surface area contributed by atoms with Gasteiger partial charge in [0.2, 0.25) is 0 Å². The van der Waals surface area contributed by atoms with Crippen molar-refractivity contribution in [3.05, 3.63) is 40.2 Å². The Morgan fingerprint density at radius 2 is 1.95 bits per heavy atom. The molecule has 0 aliphatic carbocycles. The first-order chi connectivity index (χ1) is 8.67. The Balaban J connectivity index is 2.94. The van der Waals surface area contributed by atoms with Gasteiger partial charge in [-0.05, 0) is 50.5 Å². The number of rotatable bonds is 4.